The number of benzene rings is 1. The van der Waals surface area contributed by atoms with Crippen LogP contribution in [0, 0.1) is 0 Å². The van der Waals surface area contributed by atoms with Gasteiger partial charge in [0.1, 0.15) is 5.76 Å². The molecule has 1 unspecified atom stereocenters. The maximum absolute atomic E-state index is 12.2. The predicted molar refractivity (Wildman–Crippen MR) is 93.6 cm³/mol. The molecule has 0 fully saturated rings. The van der Waals surface area contributed by atoms with Gasteiger partial charge < -0.3 is 14.9 Å². The van der Waals surface area contributed by atoms with Gasteiger partial charge in [0.25, 0.3) is 0 Å². The summed E-state index contributed by atoms with van der Waals surface area (Å²) in [7, 11) is 0. The molecule has 0 radical (unpaired) electrons. The van der Waals surface area contributed by atoms with Crippen molar-refractivity contribution in [3.63, 3.8) is 0 Å². The minimum atomic E-state index is -0.890. The van der Waals surface area contributed by atoms with E-state index < -0.39 is 12.0 Å². The molecule has 0 saturated heterocycles. The summed E-state index contributed by atoms with van der Waals surface area (Å²) in [5.41, 5.74) is 1.03. The van der Waals surface area contributed by atoms with E-state index in [9.17, 15) is 9.59 Å². The Balaban J connectivity index is 1.96. The lowest BCUT2D eigenvalue weighted by Gasteiger charge is -2.18. The fourth-order valence-corrected chi connectivity index (χ4v) is 2.38. The molecular weight excluding hydrogens is 322 g/mol. The van der Waals surface area contributed by atoms with Crippen molar-refractivity contribution < 1.29 is 19.2 Å². The SMILES string of the molecule is CC(C)c1cc(NC(=O)NC(CCC(=O)O)Cc2ccccc2)no1. The highest BCUT2D eigenvalue weighted by molar-refractivity contribution is 5.88. The molecule has 2 aromatic rings. The van der Waals surface area contributed by atoms with E-state index in [1.165, 1.54) is 0 Å². The number of nitrogens with zero attached hydrogens (tertiary/aromatic N) is 1. The fourth-order valence-electron chi connectivity index (χ4n) is 2.38. The summed E-state index contributed by atoms with van der Waals surface area (Å²) >= 11 is 0. The molecule has 0 aliphatic heterocycles. The third-order valence-electron chi connectivity index (χ3n) is 3.71. The highest BCUT2D eigenvalue weighted by Gasteiger charge is 2.16. The number of hydrogen-bond donors (Lipinski definition) is 3. The number of carboxylic acid groups (broad SMARTS) is 1. The number of rotatable bonds is 8. The Bertz CT molecular complexity index is 697. The Morgan fingerprint density at radius 2 is 1.96 bits per heavy atom. The molecule has 0 aliphatic rings. The quantitative estimate of drug-likeness (QED) is 0.680. The van der Waals surface area contributed by atoms with Crippen LogP contribution in [0.1, 0.15) is 43.9 Å². The molecule has 1 aromatic carbocycles. The first-order valence-electron chi connectivity index (χ1n) is 8.24. The van der Waals surface area contributed by atoms with Crippen LogP contribution in [-0.2, 0) is 11.2 Å². The predicted octanol–water partition coefficient (Wildman–Crippen LogP) is 3.40. The second kappa shape index (κ2) is 8.86. The van der Waals surface area contributed by atoms with E-state index in [0.717, 1.165) is 5.56 Å². The third-order valence-corrected chi connectivity index (χ3v) is 3.71. The van der Waals surface area contributed by atoms with Gasteiger partial charge in [0, 0.05) is 24.4 Å². The van der Waals surface area contributed by atoms with Crippen molar-refractivity contribution in [3.05, 3.63) is 47.7 Å². The van der Waals surface area contributed by atoms with Gasteiger partial charge in [-0.15, -0.1) is 0 Å². The van der Waals surface area contributed by atoms with Gasteiger partial charge in [-0.1, -0.05) is 49.3 Å². The summed E-state index contributed by atoms with van der Waals surface area (Å²) in [4.78, 5) is 23.0. The fraction of sp³-hybridized carbons (Fsp3) is 0.389. The van der Waals surface area contributed by atoms with Crippen molar-refractivity contribution in [3.8, 4) is 0 Å². The molecule has 0 bridgehead atoms. The molecule has 1 aromatic heterocycles. The summed E-state index contributed by atoms with van der Waals surface area (Å²) in [6.45, 7) is 3.93. The van der Waals surface area contributed by atoms with Gasteiger partial charge in [0.2, 0.25) is 0 Å². The average molecular weight is 345 g/mol. The molecule has 2 amide bonds. The van der Waals surface area contributed by atoms with Crippen molar-refractivity contribution in [2.75, 3.05) is 5.32 Å². The minimum Gasteiger partial charge on any atom is -0.481 e. The van der Waals surface area contributed by atoms with Gasteiger partial charge >= 0.3 is 12.0 Å². The number of amides is 2. The average Bonchev–Trinajstić information content (AvgIpc) is 3.02. The molecular formula is C18H23N3O4. The van der Waals surface area contributed by atoms with Crippen molar-refractivity contribution in [2.45, 2.75) is 45.1 Å². The second-order valence-corrected chi connectivity index (χ2v) is 6.19. The van der Waals surface area contributed by atoms with Crippen LogP contribution in [-0.4, -0.2) is 28.3 Å². The van der Waals surface area contributed by atoms with Gasteiger partial charge in [-0.3, -0.25) is 10.1 Å². The van der Waals surface area contributed by atoms with E-state index in [4.69, 9.17) is 9.63 Å². The number of urea groups is 1. The number of aromatic nitrogens is 1. The third kappa shape index (κ3) is 6.29. The highest BCUT2D eigenvalue weighted by atomic mass is 16.5. The van der Waals surface area contributed by atoms with Crippen LogP contribution in [0.2, 0.25) is 0 Å². The molecule has 0 aliphatic carbocycles. The van der Waals surface area contributed by atoms with E-state index in [-0.39, 0.29) is 18.4 Å². The highest BCUT2D eigenvalue weighted by Crippen LogP contribution is 2.17. The van der Waals surface area contributed by atoms with E-state index in [0.29, 0.717) is 24.4 Å². The number of hydrogen-bond acceptors (Lipinski definition) is 4. The van der Waals surface area contributed by atoms with Crippen LogP contribution in [0.15, 0.2) is 40.9 Å². The lowest BCUT2D eigenvalue weighted by atomic mass is 10.0. The van der Waals surface area contributed by atoms with E-state index >= 15 is 0 Å². The van der Waals surface area contributed by atoms with Gasteiger partial charge in [-0.05, 0) is 18.4 Å². The summed E-state index contributed by atoms with van der Waals surface area (Å²) in [5, 5.41) is 18.1. The standard InChI is InChI=1S/C18H23N3O4/c1-12(2)15-11-16(21-25-15)20-18(24)19-14(8-9-17(22)23)10-13-6-4-3-5-7-13/h3-7,11-12,14H,8-10H2,1-2H3,(H,22,23)(H2,19,20,21,24). The van der Waals surface area contributed by atoms with E-state index in [1.54, 1.807) is 6.07 Å². The number of nitrogens with one attached hydrogen (secondary N) is 2. The van der Waals surface area contributed by atoms with Crippen molar-refractivity contribution in [1.82, 2.24) is 10.5 Å². The van der Waals surface area contributed by atoms with E-state index in [1.807, 2.05) is 44.2 Å². The van der Waals surface area contributed by atoms with Gasteiger partial charge in [0.15, 0.2) is 5.82 Å². The number of carbonyl (C=O) groups excluding carboxylic acids is 1. The smallest absolute Gasteiger partial charge is 0.320 e. The van der Waals surface area contributed by atoms with Crippen LogP contribution in [0.5, 0.6) is 0 Å². The van der Waals surface area contributed by atoms with Crippen LogP contribution in [0.25, 0.3) is 0 Å². The van der Waals surface area contributed by atoms with E-state index in [2.05, 4.69) is 15.8 Å². The first-order chi connectivity index (χ1) is 11.9. The van der Waals surface area contributed by atoms with Crippen molar-refractivity contribution >= 4 is 17.8 Å². The normalized spacial score (nSPS) is 12.0. The molecule has 25 heavy (non-hydrogen) atoms. The molecule has 0 spiro atoms. The summed E-state index contributed by atoms with van der Waals surface area (Å²) in [6, 6.07) is 10.6. The monoisotopic (exact) mass is 345 g/mol. The zero-order valence-corrected chi connectivity index (χ0v) is 14.4. The second-order valence-electron chi connectivity index (χ2n) is 6.19. The van der Waals surface area contributed by atoms with Gasteiger partial charge in [-0.2, -0.15) is 0 Å². The lowest BCUT2D eigenvalue weighted by Crippen LogP contribution is -2.39. The minimum absolute atomic E-state index is 0.0146. The molecule has 3 N–H and O–H groups in total. The topological polar surface area (TPSA) is 104 Å². The molecule has 0 saturated carbocycles. The molecule has 2 rings (SSSR count). The number of aliphatic carboxylic acids is 1. The Labute approximate surface area is 146 Å². The first-order valence-corrected chi connectivity index (χ1v) is 8.24. The Morgan fingerprint density at radius 1 is 1.24 bits per heavy atom. The summed E-state index contributed by atoms with van der Waals surface area (Å²) < 4.78 is 5.14. The van der Waals surface area contributed by atoms with Crippen LogP contribution in [0.4, 0.5) is 10.6 Å². The molecule has 7 nitrogen and oxygen atoms in total. The summed E-state index contributed by atoms with van der Waals surface area (Å²) in [6.07, 6.45) is 0.880. The lowest BCUT2D eigenvalue weighted by molar-refractivity contribution is -0.137. The van der Waals surface area contributed by atoms with Crippen LogP contribution < -0.4 is 10.6 Å². The first kappa shape index (κ1) is 18.5. The Hall–Kier alpha value is -2.83. The maximum atomic E-state index is 12.2. The van der Waals surface area contributed by atoms with Crippen LogP contribution >= 0.6 is 0 Å². The van der Waals surface area contributed by atoms with Gasteiger partial charge in [-0.25, -0.2) is 4.79 Å². The van der Waals surface area contributed by atoms with Crippen molar-refractivity contribution in [1.29, 1.82) is 0 Å². The molecule has 1 heterocycles. The number of carboxylic acids is 1. The summed E-state index contributed by atoms with van der Waals surface area (Å²) in [5.74, 6) is 0.297. The maximum Gasteiger partial charge on any atom is 0.320 e. The molecule has 1 atom stereocenters. The van der Waals surface area contributed by atoms with Crippen molar-refractivity contribution in [2.24, 2.45) is 0 Å². The largest absolute Gasteiger partial charge is 0.481 e. The zero-order chi connectivity index (χ0) is 18.2. The number of anilines is 1. The van der Waals surface area contributed by atoms with Gasteiger partial charge in [0.05, 0.1) is 0 Å². The Kier molecular flexibility index (Phi) is 6.56. The van der Waals surface area contributed by atoms with Crippen LogP contribution in [0.3, 0.4) is 0 Å². The molecule has 7 heteroatoms. The zero-order valence-electron chi connectivity index (χ0n) is 14.4. The molecule has 134 valence electrons. The Morgan fingerprint density at radius 3 is 2.56 bits per heavy atom. The number of carbonyl (C=O) groups is 2.